The van der Waals surface area contributed by atoms with Gasteiger partial charge in [-0.1, -0.05) is 0 Å². The minimum atomic E-state index is 0.00843. The molecular formula is C9H12N4OS. The molecule has 0 aromatic carbocycles. The van der Waals surface area contributed by atoms with E-state index in [9.17, 15) is 4.79 Å². The Morgan fingerprint density at radius 1 is 1.47 bits per heavy atom. The lowest BCUT2D eigenvalue weighted by Gasteiger charge is -2.18. The second-order valence-corrected chi connectivity index (χ2v) is 4.25. The van der Waals surface area contributed by atoms with Crippen LogP contribution < -0.4 is 16.4 Å². The van der Waals surface area contributed by atoms with E-state index >= 15 is 0 Å². The predicted molar refractivity (Wildman–Crippen MR) is 62.8 cm³/mol. The normalized spacial score (nSPS) is 21.0. The summed E-state index contributed by atoms with van der Waals surface area (Å²) in [7, 11) is 0. The number of nitrogens with two attached hydrogens (primary N) is 2. The monoisotopic (exact) mass is 224 g/mol. The number of aromatic nitrogens is 1. The van der Waals surface area contributed by atoms with E-state index in [-0.39, 0.29) is 11.2 Å². The summed E-state index contributed by atoms with van der Waals surface area (Å²) in [6.45, 7) is 0.553. The second kappa shape index (κ2) is 3.62. The van der Waals surface area contributed by atoms with Crippen LogP contribution in [0.2, 0.25) is 0 Å². The average molecular weight is 224 g/mol. The maximum absolute atomic E-state index is 11.6. The third kappa shape index (κ3) is 1.72. The molecule has 0 radical (unpaired) electrons. The van der Waals surface area contributed by atoms with Crippen molar-refractivity contribution in [2.24, 2.45) is 0 Å². The molecule has 1 atom stereocenters. The van der Waals surface area contributed by atoms with Gasteiger partial charge in [0, 0.05) is 18.2 Å². The van der Waals surface area contributed by atoms with Crippen molar-refractivity contribution in [3.8, 4) is 0 Å². The Labute approximate surface area is 92.9 Å². The zero-order valence-corrected chi connectivity index (χ0v) is 8.95. The molecule has 0 bridgehead atoms. The predicted octanol–water partition coefficient (Wildman–Crippen LogP) is 0.281. The van der Waals surface area contributed by atoms with Crippen LogP contribution in [0.1, 0.15) is 6.42 Å². The highest BCUT2D eigenvalue weighted by Gasteiger charge is 2.29. The smallest absolute Gasteiger partial charge is 0.228 e. The largest absolute Gasteiger partial charge is 0.396 e. The summed E-state index contributed by atoms with van der Waals surface area (Å²) in [6, 6.07) is 0. The van der Waals surface area contributed by atoms with Crippen molar-refractivity contribution in [3.05, 3.63) is 12.4 Å². The maximum Gasteiger partial charge on any atom is 0.228 e. The SMILES string of the molecule is Nc1cncc(N2CC(S)CC2=O)c1N. The highest BCUT2D eigenvalue weighted by molar-refractivity contribution is 7.81. The van der Waals surface area contributed by atoms with Crippen LogP contribution in [-0.2, 0) is 4.79 Å². The zero-order valence-electron chi connectivity index (χ0n) is 8.05. The number of nitrogen functional groups attached to an aromatic ring is 2. The van der Waals surface area contributed by atoms with Crippen molar-refractivity contribution in [1.29, 1.82) is 0 Å². The van der Waals surface area contributed by atoms with Crippen LogP contribution in [0.4, 0.5) is 17.1 Å². The first-order valence-corrected chi connectivity index (χ1v) is 5.08. The minimum Gasteiger partial charge on any atom is -0.396 e. The molecule has 0 aliphatic carbocycles. The van der Waals surface area contributed by atoms with Gasteiger partial charge in [0.05, 0.1) is 29.5 Å². The molecule has 1 aromatic rings. The van der Waals surface area contributed by atoms with Gasteiger partial charge in [-0.3, -0.25) is 9.78 Å². The number of amides is 1. The number of pyridine rings is 1. The van der Waals surface area contributed by atoms with Crippen LogP contribution in [0.3, 0.4) is 0 Å². The lowest BCUT2D eigenvalue weighted by atomic mass is 10.3. The van der Waals surface area contributed by atoms with Crippen molar-refractivity contribution >= 4 is 35.6 Å². The first kappa shape index (κ1) is 10.1. The van der Waals surface area contributed by atoms with E-state index in [4.69, 9.17) is 11.5 Å². The quantitative estimate of drug-likeness (QED) is 0.598. The third-order valence-corrected chi connectivity index (χ3v) is 2.74. The summed E-state index contributed by atoms with van der Waals surface area (Å²) in [5, 5.41) is 0.0540. The Balaban J connectivity index is 2.38. The van der Waals surface area contributed by atoms with Gasteiger partial charge in [0.25, 0.3) is 0 Å². The Morgan fingerprint density at radius 3 is 2.80 bits per heavy atom. The van der Waals surface area contributed by atoms with E-state index in [1.807, 2.05) is 0 Å². The topological polar surface area (TPSA) is 85.2 Å². The molecule has 80 valence electrons. The van der Waals surface area contributed by atoms with Crippen molar-refractivity contribution in [1.82, 2.24) is 4.98 Å². The van der Waals surface area contributed by atoms with E-state index in [0.29, 0.717) is 30.0 Å². The summed E-state index contributed by atoms with van der Waals surface area (Å²) in [6.07, 6.45) is 3.45. The molecule has 1 unspecified atom stereocenters. The van der Waals surface area contributed by atoms with E-state index in [2.05, 4.69) is 17.6 Å². The molecule has 15 heavy (non-hydrogen) atoms. The van der Waals surface area contributed by atoms with Gasteiger partial charge in [-0.2, -0.15) is 12.6 Å². The van der Waals surface area contributed by atoms with Crippen molar-refractivity contribution < 1.29 is 4.79 Å². The molecule has 0 spiro atoms. The van der Waals surface area contributed by atoms with E-state index < -0.39 is 0 Å². The molecule has 1 amide bonds. The zero-order chi connectivity index (χ0) is 11.0. The van der Waals surface area contributed by atoms with Gasteiger partial charge in [0.2, 0.25) is 5.91 Å². The number of nitrogens with zero attached hydrogens (tertiary/aromatic N) is 2. The minimum absolute atomic E-state index is 0.00843. The summed E-state index contributed by atoms with van der Waals surface area (Å²) in [5.41, 5.74) is 12.8. The Kier molecular flexibility index (Phi) is 2.44. The first-order chi connectivity index (χ1) is 7.09. The number of rotatable bonds is 1. The standard InChI is InChI=1S/C9H12N4OS/c10-6-2-12-3-7(9(6)11)13-4-5(15)1-8(13)14/h2-3,5,15H,1,4,10H2,(H2,11,12). The summed E-state index contributed by atoms with van der Waals surface area (Å²) in [5.74, 6) is 0.00843. The molecule has 1 aliphatic rings. The van der Waals surface area contributed by atoms with Crippen LogP contribution in [0.25, 0.3) is 0 Å². The number of hydrogen-bond donors (Lipinski definition) is 3. The maximum atomic E-state index is 11.6. The van der Waals surface area contributed by atoms with Gasteiger partial charge in [-0.15, -0.1) is 0 Å². The van der Waals surface area contributed by atoms with Crippen molar-refractivity contribution in [2.45, 2.75) is 11.7 Å². The summed E-state index contributed by atoms with van der Waals surface area (Å²) in [4.78, 5) is 17.1. The van der Waals surface area contributed by atoms with E-state index in [1.54, 1.807) is 11.1 Å². The molecule has 4 N–H and O–H groups in total. The van der Waals surface area contributed by atoms with Crippen LogP contribution in [0.5, 0.6) is 0 Å². The van der Waals surface area contributed by atoms with Gasteiger partial charge >= 0.3 is 0 Å². The molecule has 1 saturated heterocycles. The highest BCUT2D eigenvalue weighted by Crippen LogP contribution is 2.31. The van der Waals surface area contributed by atoms with Crippen LogP contribution in [-0.4, -0.2) is 22.7 Å². The van der Waals surface area contributed by atoms with E-state index in [1.165, 1.54) is 6.20 Å². The lowest BCUT2D eigenvalue weighted by Crippen LogP contribution is -2.26. The molecule has 1 aliphatic heterocycles. The van der Waals surface area contributed by atoms with Crippen LogP contribution in [0.15, 0.2) is 12.4 Å². The fourth-order valence-corrected chi connectivity index (χ4v) is 1.93. The fraction of sp³-hybridized carbons (Fsp3) is 0.333. The molecule has 0 saturated carbocycles. The molecule has 2 rings (SSSR count). The Morgan fingerprint density at radius 2 is 2.20 bits per heavy atom. The van der Waals surface area contributed by atoms with Gasteiger partial charge in [0.1, 0.15) is 0 Å². The average Bonchev–Trinajstić information content (AvgIpc) is 2.50. The third-order valence-electron chi connectivity index (χ3n) is 2.39. The van der Waals surface area contributed by atoms with Crippen molar-refractivity contribution in [2.75, 3.05) is 22.9 Å². The number of carbonyl (C=O) groups excluding carboxylic acids is 1. The molecule has 6 heteroatoms. The number of anilines is 3. The van der Waals surface area contributed by atoms with Crippen LogP contribution in [0, 0.1) is 0 Å². The summed E-state index contributed by atoms with van der Waals surface area (Å²) >= 11 is 4.27. The Hall–Kier alpha value is -1.43. The number of hydrogen-bond acceptors (Lipinski definition) is 5. The molecule has 5 nitrogen and oxygen atoms in total. The molecular weight excluding hydrogens is 212 g/mol. The Bertz CT molecular complexity index is 409. The van der Waals surface area contributed by atoms with Gasteiger partial charge in [-0.05, 0) is 0 Å². The highest BCUT2D eigenvalue weighted by atomic mass is 32.1. The van der Waals surface area contributed by atoms with Gasteiger partial charge < -0.3 is 16.4 Å². The summed E-state index contributed by atoms with van der Waals surface area (Å²) < 4.78 is 0. The van der Waals surface area contributed by atoms with Gasteiger partial charge in [0.15, 0.2) is 0 Å². The van der Waals surface area contributed by atoms with Gasteiger partial charge in [-0.25, -0.2) is 0 Å². The number of thiol groups is 1. The van der Waals surface area contributed by atoms with Crippen LogP contribution >= 0.6 is 12.6 Å². The fourth-order valence-electron chi connectivity index (χ4n) is 1.61. The second-order valence-electron chi connectivity index (χ2n) is 3.52. The first-order valence-electron chi connectivity index (χ1n) is 4.57. The lowest BCUT2D eigenvalue weighted by molar-refractivity contribution is -0.117. The van der Waals surface area contributed by atoms with Crippen molar-refractivity contribution in [3.63, 3.8) is 0 Å². The molecule has 2 heterocycles. The van der Waals surface area contributed by atoms with E-state index in [0.717, 1.165) is 0 Å². The molecule has 1 aromatic heterocycles. The number of carbonyl (C=O) groups is 1. The molecule has 1 fully saturated rings.